The number of carbonyl (C=O) groups is 1. The monoisotopic (exact) mass is 225 g/mol. The van der Waals surface area contributed by atoms with E-state index in [0.29, 0.717) is 12.5 Å². The van der Waals surface area contributed by atoms with E-state index in [4.69, 9.17) is 5.73 Å². The van der Waals surface area contributed by atoms with E-state index in [-0.39, 0.29) is 11.8 Å². The molecule has 1 aliphatic rings. The summed E-state index contributed by atoms with van der Waals surface area (Å²) in [6.45, 7) is 7.62. The molecular weight excluding hydrogens is 202 g/mol. The van der Waals surface area contributed by atoms with E-state index >= 15 is 0 Å². The molecule has 4 heteroatoms. The van der Waals surface area contributed by atoms with E-state index in [1.165, 1.54) is 0 Å². The van der Waals surface area contributed by atoms with Gasteiger partial charge in [-0.3, -0.25) is 4.79 Å². The largest absolute Gasteiger partial charge is 0.330 e. The average molecular weight is 225 g/mol. The van der Waals surface area contributed by atoms with E-state index < -0.39 is 0 Å². The van der Waals surface area contributed by atoms with E-state index in [2.05, 4.69) is 25.9 Å². The second-order valence-electron chi connectivity index (χ2n) is 4.62. The Morgan fingerprint density at radius 2 is 2.19 bits per heavy atom. The summed E-state index contributed by atoms with van der Waals surface area (Å²) >= 11 is 0. The summed E-state index contributed by atoms with van der Waals surface area (Å²) in [5.74, 6) is 0.489. The first-order chi connectivity index (χ1) is 7.61. The molecule has 1 atom stereocenters. The molecule has 1 rings (SSSR count). The summed E-state index contributed by atoms with van der Waals surface area (Å²) in [6.07, 6.45) is 2.68. The van der Waals surface area contributed by atoms with Gasteiger partial charge in [0.05, 0.1) is 11.6 Å². The predicted octanol–water partition coefficient (Wildman–Crippen LogP) is 1.61. The fraction of sp³-hybridized carbons (Fsp3) is 0.833. The molecule has 4 nitrogen and oxygen atoms in total. The maximum Gasteiger partial charge on any atom is 0.251 e. The van der Waals surface area contributed by atoms with Crippen molar-refractivity contribution in [3.63, 3.8) is 0 Å². The molecule has 1 unspecified atom stereocenters. The fourth-order valence-electron chi connectivity index (χ4n) is 2.05. The quantitative estimate of drug-likeness (QED) is 0.746. The van der Waals surface area contributed by atoms with Gasteiger partial charge < -0.3 is 5.73 Å². The van der Waals surface area contributed by atoms with E-state index in [0.717, 1.165) is 31.5 Å². The molecule has 1 aliphatic heterocycles. The van der Waals surface area contributed by atoms with Crippen LogP contribution in [0.4, 0.5) is 0 Å². The van der Waals surface area contributed by atoms with Crippen LogP contribution in [0.1, 0.15) is 40.0 Å². The third kappa shape index (κ3) is 2.82. The highest BCUT2D eigenvalue weighted by molar-refractivity contribution is 6.08. The minimum absolute atomic E-state index is 0.0184. The van der Waals surface area contributed by atoms with Gasteiger partial charge in [-0.15, -0.1) is 0 Å². The van der Waals surface area contributed by atoms with Crippen molar-refractivity contribution in [2.45, 2.75) is 40.0 Å². The number of nitrogens with zero attached hydrogens (tertiary/aromatic N) is 2. The lowest BCUT2D eigenvalue weighted by molar-refractivity contribution is -0.131. The van der Waals surface area contributed by atoms with E-state index in [1.807, 2.05) is 0 Å². The van der Waals surface area contributed by atoms with Gasteiger partial charge in [0.25, 0.3) is 5.91 Å². The number of rotatable bonds is 6. The summed E-state index contributed by atoms with van der Waals surface area (Å²) < 4.78 is 0. The van der Waals surface area contributed by atoms with Gasteiger partial charge in [0, 0.05) is 6.54 Å². The fourth-order valence-corrected chi connectivity index (χ4v) is 2.05. The van der Waals surface area contributed by atoms with Crippen molar-refractivity contribution in [3.8, 4) is 0 Å². The molecule has 0 fully saturated rings. The zero-order chi connectivity index (χ0) is 12.1. The third-order valence-corrected chi connectivity index (χ3v) is 2.87. The van der Waals surface area contributed by atoms with Crippen LogP contribution in [-0.4, -0.2) is 29.7 Å². The summed E-state index contributed by atoms with van der Waals surface area (Å²) in [4.78, 5) is 12.1. The van der Waals surface area contributed by atoms with Crippen LogP contribution in [0, 0.1) is 11.8 Å². The summed E-state index contributed by atoms with van der Waals surface area (Å²) in [5, 5.41) is 6.09. The second-order valence-corrected chi connectivity index (χ2v) is 4.62. The van der Waals surface area contributed by atoms with Gasteiger partial charge in [0.2, 0.25) is 0 Å². The van der Waals surface area contributed by atoms with Gasteiger partial charge in [-0.2, -0.15) is 5.10 Å². The Morgan fingerprint density at radius 3 is 2.69 bits per heavy atom. The first-order valence-electron chi connectivity index (χ1n) is 6.21. The van der Waals surface area contributed by atoms with Gasteiger partial charge >= 0.3 is 0 Å². The first-order valence-corrected chi connectivity index (χ1v) is 6.21. The molecule has 0 radical (unpaired) electrons. The molecule has 0 saturated carbocycles. The van der Waals surface area contributed by atoms with Crippen LogP contribution in [-0.2, 0) is 4.79 Å². The van der Waals surface area contributed by atoms with Crippen LogP contribution in [0.3, 0.4) is 0 Å². The molecule has 16 heavy (non-hydrogen) atoms. The molecule has 0 aliphatic carbocycles. The SMILES string of the molecule is CCCN1N=C(C(C)C)C(CCCN)C1=O. The number of amides is 1. The molecule has 0 aromatic rings. The van der Waals surface area contributed by atoms with Crippen molar-refractivity contribution in [1.29, 1.82) is 0 Å². The lowest BCUT2D eigenvalue weighted by atomic mass is 9.90. The lowest BCUT2D eigenvalue weighted by Gasteiger charge is -2.14. The maximum atomic E-state index is 12.1. The minimum Gasteiger partial charge on any atom is -0.330 e. The molecule has 1 amide bonds. The van der Waals surface area contributed by atoms with Crippen molar-refractivity contribution in [2.75, 3.05) is 13.1 Å². The molecule has 0 aromatic carbocycles. The molecule has 0 spiro atoms. The minimum atomic E-state index is -0.0184. The van der Waals surface area contributed by atoms with Gasteiger partial charge in [-0.1, -0.05) is 20.8 Å². The summed E-state index contributed by atoms with van der Waals surface area (Å²) in [5.41, 5.74) is 6.54. The Balaban J connectivity index is 2.74. The Hall–Kier alpha value is -0.900. The highest BCUT2D eigenvalue weighted by Crippen LogP contribution is 2.24. The second kappa shape index (κ2) is 5.99. The van der Waals surface area contributed by atoms with Crippen molar-refractivity contribution >= 4 is 11.6 Å². The zero-order valence-electron chi connectivity index (χ0n) is 10.6. The molecule has 0 aromatic heterocycles. The molecule has 0 saturated heterocycles. The molecular formula is C12H23N3O. The summed E-state index contributed by atoms with van der Waals surface area (Å²) in [6, 6.07) is 0. The molecule has 1 heterocycles. The van der Waals surface area contributed by atoms with Crippen LogP contribution >= 0.6 is 0 Å². The van der Waals surface area contributed by atoms with Crippen molar-refractivity contribution < 1.29 is 4.79 Å². The van der Waals surface area contributed by atoms with Crippen LogP contribution < -0.4 is 5.73 Å². The van der Waals surface area contributed by atoms with Gasteiger partial charge in [0.1, 0.15) is 0 Å². The number of carbonyl (C=O) groups excluding carboxylic acids is 1. The number of nitrogens with two attached hydrogens (primary N) is 1. The third-order valence-electron chi connectivity index (χ3n) is 2.87. The van der Waals surface area contributed by atoms with Crippen molar-refractivity contribution in [3.05, 3.63) is 0 Å². The van der Waals surface area contributed by atoms with Crippen LogP contribution in [0.2, 0.25) is 0 Å². The highest BCUT2D eigenvalue weighted by atomic mass is 16.2. The Kier molecular flexibility index (Phi) is 4.93. The molecule has 92 valence electrons. The Labute approximate surface area is 97.9 Å². The number of hydrazone groups is 1. The average Bonchev–Trinajstić information content (AvgIpc) is 2.55. The zero-order valence-corrected chi connectivity index (χ0v) is 10.6. The normalized spacial score (nSPS) is 20.8. The Morgan fingerprint density at radius 1 is 1.50 bits per heavy atom. The van der Waals surface area contributed by atoms with Crippen molar-refractivity contribution in [2.24, 2.45) is 22.7 Å². The number of hydrogen-bond donors (Lipinski definition) is 1. The first kappa shape index (κ1) is 13.2. The predicted molar refractivity (Wildman–Crippen MR) is 66.1 cm³/mol. The molecule has 0 bridgehead atoms. The molecule has 2 N–H and O–H groups in total. The maximum absolute atomic E-state index is 12.1. The Bertz CT molecular complexity index is 273. The van der Waals surface area contributed by atoms with Crippen LogP contribution in [0.25, 0.3) is 0 Å². The topological polar surface area (TPSA) is 58.7 Å². The van der Waals surface area contributed by atoms with Crippen molar-refractivity contribution in [1.82, 2.24) is 5.01 Å². The van der Waals surface area contributed by atoms with E-state index in [1.54, 1.807) is 5.01 Å². The lowest BCUT2D eigenvalue weighted by Crippen LogP contribution is -2.29. The highest BCUT2D eigenvalue weighted by Gasteiger charge is 2.35. The van der Waals surface area contributed by atoms with Gasteiger partial charge in [-0.25, -0.2) is 5.01 Å². The number of hydrogen-bond acceptors (Lipinski definition) is 3. The van der Waals surface area contributed by atoms with Gasteiger partial charge in [-0.05, 0) is 31.7 Å². The van der Waals surface area contributed by atoms with Crippen LogP contribution in [0.5, 0.6) is 0 Å². The standard InChI is InChI=1S/C12H23N3O/c1-4-8-15-12(16)10(6-5-7-13)11(14-15)9(2)3/h9-10H,4-8,13H2,1-3H3. The smallest absolute Gasteiger partial charge is 0.251 e. The summed E-state index contributed by atoms with van der Waals surface area (Å²) in [7, 11) is 0. The van der Waals surface area contributed by atoms with Crippen LogP contribution in [0.15, 0.2) is 5.10 Å². The van der Waals surface area contributed by atoms with E-state index in [9.17, 15) is 4.79 Å². The van der Waals surface area contributed by atoms with Gasteiger partial charge in [0.15, 0.2) is 0 Å².